The van der Waals surface area contributed by atoms with E-state index < -0.39 is 0 Å². The zero-order valence-electron chi connectivity index (χ0n) is 6.90. The van der Waals surface area contributed by atoms with Gasteiger partial charge in [0.1, 0.15) is 5.58 Å². The Balaban J connectivity index is 2.62. The molecule has 0 amide bonds. The molecule has 2 rings (SSSR count). The molecule has 0 aliphatic heterocycles. The summed E-state index contributed by atoms with van der Waals surface area (Å²) in [5.41, 5.74) is 1.76. The quantitative estimate of drug-likeness (QED) is 0.615. The molecule has 2 heteroatoms. The predicted octanol–water partition coefficient (Wildman–Crippen LogP) is 2.97. The SMILES string of the molecule is N#CC=Cc1cccc2ccoc12. The van der Waals surface area contributed by atoms with Crippen LogP contribution in [-0.4, -0.2) is 0 Å². The van der Waals surface area contributed by atoms with Crippen molar-refractivity contribution in [3.05, 3.63) is 42.2 Å². The molecule has 0 bridgehead atoms. The minimum atomic E-state index is 0.828. The second-order valence-electron chi connectivity index (χ2n) is 2.65. The highest BCUT2D eigenvalue weighted by atomic mass is 16.3. The first-order chi connectivity index (χ1) is 6.42. The Labute approximate surface area is 75.7 Å². The molecule has 1 aromatic carbocycles. The molecule has 62 valence electrons. The van der Waals surface area contributed by atoms with Gasteiger partial charge in [0, 0.05) is 17.0 Å². The van der Waals surface area contributed by atoms with Gasteiger partial charge < -0.3 is 4.42 Å². The smallest absolute Gasteiger partial charge is 0.141 e. The third kappa shape index (κ3) is 1.32. The molecule has 1 heterocycles. The number of benzene rings is 1. The molecular weight excluding hydrogens is 162 g/mol. The fourth-order valence-corrected chi connectivity index (χ4v) is 1.27. The summed E-state index contributed by atoms with van der Waals surface area (Å²) in [5, 5.41) is 9.44. The van der Waals surface area contributed by atoms with Gasteiger partial charge in [0.15, 0.2) is 0 Å². The number of hydrogen-bond donors (Lipinski definition) is 0. The van der Waals surface area contributed by atoms with E-state index in [0.29, 0.717) is 0 Å². The predicted molar refractivity (Wildman–Crippen MR) is 50.9 cm³/mol. The van der Waals surface area contributed by atoms with Gasteiger partial charge in [-0.05, 0) is 12.1 Å². The van der Waals surface area contributed by atoms with Crippen LogP contribution >= 0.6 is 0 Å². The van der Waals surface area contributed by atoms with Crippen molar-refractivity contribution >= 4 is 17.0 Å². The summed E-state index contributed by atoms with van der Waals surface area (Å²) >= 11 is 0. The maximum Gasteiger partial charge on any atom is 0.141 e. The number of nitriles is 1. The highest BCUT2D eigenvalue weighted by Gasteiger charge is 1.99. The van der Waals surface area contributed by atoms with Gasteiger partial charge in [-0.25, -0.2) is 0 Å². The Hall–Kier alpha value is -2.01. The van der Waals surface area contributed by atoms with Crippen LogP contribution in [0.2, 0.25) is 0 Å². The highest BCUT2D eigenvalue weighted by Crippen LogP contribution is 2.20. The summed E-state index contributed by atoms with van der Waals surface area (Å²) in [4.78, 5) is 0. The Morgan fingerprint density at radius 2 is 2.23 bits per heavy atom. The largest absolute Gasteiger partial charge is 0.464 e. The van der Waals surface area contributed by atoms with E-state index in [1.807, 2.05) is 30.3 Å². The van der Waals surface area contributed by atoms with Crippen molar-refractivity contribution in [2.24, 2.45) is 0 Å². The lowest BCUT2D eigenvalue weighted by Crippen LogP contribution is -1.71. The van der Waals surface area contributed by atoms with Gasteiger partial charge in [0.25, 0.3) is 0 Å². The zero-order valence-corrected chi connectivity index (χ0v) is 6.90. The average Bonchev–Trinajstić information content (AvgIpc) is 2.62. The maximum atomic E-state index is 8.38. The summed E-state index contributed by atoms with van der Waals surface area (Å²) in [7, 11) is 0. The number of nitrogens with zero attached hydrogens (tertiary/aromatic N) is 1. The third-order valence-electron chi connectivity index (χ3n) is 1.85. The number of allylic oxidation sites excluding steroid dienone is 1. The monoisotopic (exact) mass is 169 g/mol. The van der Waals surface area contributed by atoms with Gasteiger partial charge >= 0.3 is 0 Å². The van der Waals surface area contributed by atoms with Gasteiger partial charge in [-0.15, -0.1) is 0 Å². The minimum absolute atomic E-state index is 0.828. The van der Waals surface area contributed by atoms with E-state index >= 15 is 0 Å². The molecule has 0 aliphatic carbocycles. The van der Waals surface area contributed by atoms with E-state index in [2.05, 4.69) is 0 Å². The van der Waals surface area contributed by atoms with Crippen LogP contribution in [0.15, 0.2) is 41.0 Å². The van der Waals surface area contributed by atoms with Crippen LogP contribution in [0.25, 0.3) is 17.0 Å². The second-order valence-corrected chi connectivity index (χ2v) is 2.65. The summed E-state index contributed by atoms with van der Waals surface area (Å²) in [6.07, 6.45) is 4.83. The molecule has 2 nitrogen and oxygen atoms in total. The molecule has 0 atom stereocenters. The Bertz CT molecular complexity index is 488. The van der Waals surface area contributed by atoms with Crippen molar-refractivity contribution in [1.82, 2.24) is 0 Å². The van der Waals surface area contributed by atoms with Crippen molar-refractivity contribution in [2.45, 2.75) is 0 Å². The van der Waals surface area contributed by atoms with Crippen molar-refractivity contribution in [2.75, 3.05) is 0 Å². The first-order valence-corrected chi connectivity index (χ1v) is 3.94. The molecule has 0 saturated heterocycles. The van der Waals surface area contributed by atoms with E-state index in [1.165, 1.54) is 6.08 Å². The normalized spacial score (nSPS) is 10.7. The van der Waals surface area contributed by atoms with Crippen LogP contribution in [0, 0.1) is 11.3 Å². The van der Waals surface area contributed by atoms with Gasteiger partial charge in [-0.2, -0.15) is 5.26 Å². The number of rotatable bonds is 1. The number of hydrogen-bond acceptors (Lipinski definition) is 2. The summed E-state index contributed by atoms with van der Waals surface area (Å²) < 4.78 is 5.29. The van der Waals surface area contributed by atoms with Crippen molar-refractivity contribution in [1.29, 1.82) is 5.26 Å². The van der Waals surface area contributed by atoms with Gasteiger partial charge in [0.05, 0.1) is 12.3 Å². The maximum absolute atomic E-state index is 8.38. The molecule has 13 heavy (non-hydrogen) atoms. The highest BCUT2D eigenvalue weighted by molar-refractivity contribution is 5.85. The lowest BCUT2D eigenvalue weighted by atomic mass is 10.1. The first kappa shape index (κ1) is 7.63. The number of furan rings is 1. The van der Waals surface area contributed by atoms with Crippen LogP contribution in [0.1, 0.15) is 5.56 Å². The molecule has 0 radical (unpaired) electrons. The first-order valence-electron chi connectivity index (χ1n) is 3.94. The molecule has 0 N–H and O–H groups in total. The molecular formula is C11H7NO. The Morgan fingerprint density at radius 1 is 1.31 bits per heavy atom. The van der Waals surface area contributed by atoms with Gasteiger partial charge in [-0.1, -0.05) is 18.2 Å². The van der Waals surface area contributed by atoms with Crippen LogP contribution in [-0.2, 0) is 0 Å². The van der Waals surface area contributed by atoms with E-state index in [9.17, 15) is 0 Å². The van der Waals surface area contributed by atoms with Crippen molar-refractivity contribution in [3.8, 4) is 6.07 Å². The third-order valence-corrected chi connectivity index (χ3v) is 1.85. The molecule has 1 aromatic heterocycles. The number of para-hydroxylation sites is 1. The van der Waals surface area contributed by atoms with Crippen LogP contribution in [0.3, 0.4) is 0 Å². The molecule has 2 aromatic rings. The molecule has 0 unspecified atom stereocenters. The van der Waals surface area contributed by atoms with Crippen LogP contribution in [0.4, 0.5) is 0 Å². The molecule has 0 fully saturated rings. The van der Waals surface area contributed by atoms with Crippen LogP contribution < -0.4 is 0 Å². The van der Waals surface area contributed by atoms with Crippen molar-refractivity contribution in [3.63, 3.8) is 0 Å². The van der Waals surface area contributed by atoms with Gasteiger partial charge in [-0.3, -0.25) is 0 Å². The Morgan fingerprint density at radius 3 is 3.08 bits per heavy atom. The fourth-order valence-electron chi connectivity index (χ4n) is 1.27. The van der Waals surface area contributed by atoms with E-state index in [1.54, 1.807) is 12.3 Å². The minimum Gasteiger partial charge on any atom is -0.464 e. The van der Waals surface area contributed by atoms with Crippen LogP contribution in [0.5, 0.6) is 0 Å². The van der Waals surface area contributed by atoms with Crippen molar-refractivity contribution < 1.29 is 4.42 Å². The average molecular weight is 169 g/mol. The molecule has 0 aliphatic rings. The second kappa shape index (κ2) is 3.16. The lowest BCUT2D eigenvalue weighted by molar-refractivity contribution is 0.615. The molecule has 0 spiro atoms. The lowest BCUT2D eigenvalue weighted by Gasteiger charge is -1.92. The van der Waals surface area contributed by atoms with E-state index in [-0.39, 0.29) is 0 Å². The summed E-state index contributed by atoms with van der Waals surface area (Å²) in [6.45, 7) is 0. The zero-order chi connectivity index (χ0) is 9.10. The summed E-state index contributed by atoms with van der Waals surface area (Å²) in [6, 6.07) is 9.68. The van der Waals surface area contributed by atoms with Gasteiger partial charge in [0.2, 0.25) is 0 Å². The number of fused-ring (bicyclic) bond motifs is 1. The standard InChI is InChI=1S/C11H7NO/c12-7-2-5-9-3-1-4-10-6-8-13-11(9)10/h1-6,8H. The molecule has 0 saturated carbocycles. The fraction of sp³-hybridized carbons (Fsp3) is 0. The summed E-state index contributed by atoms with van der Waals surface area (Å²) in [5.74, 6) is 0. The topological polar surface area (TPSA) is 36.9 Å². The van der Waals surface area contributed by atoms with E-state index in [4.69, 9.17) is 9.68 Å². The van der Waals surface area contributed by atoms with E-state index in [0.717, 1.165) is 16.5 Å². The Kier molecular flexibility index (Phi) is 1.85.